The summed E-state index contributed by atoms with van der Waals surface area (Å²) >= 11 is 0. The zero-order chi connectivity index (χ0) is 11.5. The number of ether oxygens (including phenoxy) is 1. The second-order valence-electron chi connectivity index (χ2n) is 5.97. The van der Waals surface area contributed by atoms with Gasteiger partial charge in [-0.2, -0.15) is 0 Å². The van der Waals surface area contributed by atoms with Crippen LogP contribution in [0.5, 0.6) is 0 Å². The summed E-state index contributed by atoms with van der Waals surface area (Å²) in [7, 11) is 0. The molecule has 0 bridgehead atoms. The van der Waals surface area contributed by atoms with Crippen molar-refractivity contribution < 1.29 is 4.74 Å². The highest BCUT2D eigenvalue weighted by Crippen LogP contribution is 2.28. The Morgan fingerprint density at radius 3 is 2.53 bits per heavy atom. The summed E-state index contributed by atoms with van der Waals surface area (Å²) in [5.74, 6) is 6.24. The van der Waals surface area contributed by atoms with Crippen LogP contribution in [0.25, 0.3) is 0 Å². The molecule has 1 heterocycles. The van der Waals surface area contributed by atoms with Crippen molar-refractivity contribution in [2.24, 2.45) is 17.2 Å². The summed E-state index contributed by atoms with van der Waals surface area (Å²) in [6.45, 7) is 9.93. The lowest BCUT2D eigenvalue weighted by Crippen LogP contribution is -2.46. The van der Waals surface area contributed by atoms with Gasteiger partial charge >= 0.3 is 0 Å². The van der Waals surface area contributed by atoms with Gasteiger partial charge in [-0.3, -0.25) is 11.3 Å². The van der Waals surface area contributed by atoms with E-state index in [-0.39, 0.29) is 0 Å². The van der Waals surface area contributed by atoms with Gasteiger partial charge in [-0.05, 0) is 30.6 Å². The normalized spacial score (nSPS) is 29.4. The molecule has 1 aliphatic rings. The fourth-order valence-electron chi connectivity index (χ4n) is 2.16. The van der Waals surface area contributed by atoms with Gasteiger partial charge in [-0.1, -0.05) is 27.7 Å². The zero-order valence-corrected chi connectivity index (χ0v) is 10.5. The lowest BCUT2D eigenvalue weighted by atomic mass is 9.86. The van der Waals surface area contributed by atoms with Crippen LogP contribution in [0.2, 0.25) is 0 Å². The fraction of sp³-hybridized carbons (Fsp3) is 1.00. The minimum absolute atomic E-state index is 0.303. The van der Waals surface area contributed by atoms with Crippen molar-refractivity contribution in [3.05, 3.63) is 0 Å². The van der Waals surface area contributed by atoms with Crippen molar-refractivity contribution in [2.75, 3.05) is 6.61 Å². The highest BCUT2D eigenvalue weighted by molar-refractivity contribution is 4.84. The van der Waals surface area contributed by atoms with E-state index in [9.17, 15) is 0 Å². The van der Waals surface area contributed by atoms with Gasteiger partial charge in [0.2, 0.25) is 0 Å². The molecule has 0 aromatic carbocycles. The van der Waals surface area contributed by atoms with Crippen LogP contribution in [-0.4, -0.2) is 18.8 Å². The standard InChI is InChI=1S/C12H26N2O/c1-9-6-8-15-11(9)10(14-13)5-7-12(2,3)4/h9-11,14H,5-8,13H2,1-4H3. The second kappa shape index (κ2) is 5.28. The molecule has 0 aromatic rings. The summed E-state index contributed by atoms with van der Waals surface area (Å²) in [6, 6.07) is 0.307. The third kappa shape index (κ3) is 4.09. The molecule has 3 atom stereocenters. The van der Waals surface area contributed by atoms with E-state index in [1.54, 1.807) is 0 Å². The Bertz CT molecular complexity index is 189. The zero-order valence-electron chi connectivity index (χ0n) is 10.5. The number of hydrogen-bond donors (Lipinski definition) is 2. The van der Waals surface area contributed by atoms with E-state index in [1.165, 1.54) is 12.8 Å². The van der Waals surface area contributed by atoms with E-state index in [0.717, 1.165) is 13.0 Å². The molecule has 3 heteroatoms. The molecular formula is C12H26N2O. The number of nitrogens with two attached hydrogens (primary N) is 1. The topological polar surface area (TPSA) is 47.3 Å². The van der Waals surface area contributed by atoms with Crippen LogP contribution in [0, 0.1) is 11.3 Å². The van der Waals surface area contributed by atoms with E-state index in [0.29, 0.717) is 23.5 Å². The van der Waals surface area contributed by atoms with E-state index in [1.807, 2.05) is 0 Å². The number of nitrogens with one attached hydrogen (secondary N) is 1. The Morgan fingerprint density at radius 2 is 2.13 bits per heavy atom. The Labute approximate surface area is 93.7 Å². The smallest absolute Gasteiger partial charge is 0.0767 e. The van der Waals surface area contributed by atoms with Crippen molar-refractivity contribution >= 4 is 0 Å². The monoisotopic (exact) mass is 214 g/mol. The molecule has 0 saturated carbocycles. The summed E-state index contributed by atoms with van der Waals surface area (Å²) in [4.78, 5) is 0. The second-order valence-corrected chi connectivity index (χ2v) is 5.97. The maximum absolute atomic E-state index is 5.74. The van der Waals surface area contributed by atoms with Gasteiger partial charge < -0.3 is 4.74 Å². The molecule has 1 fully saturated rings. The van der Waals surface area contributed by atoms with Crippen LogP contribution < -0.4 is 11.3 Å². The SMILES string of the molecule is CC1CCOC1C(CCC(C)(C)C)NN. The first-order chi connectivity index (χ1) is 6.94. The molecule has 0 amide bonds. The lowest BCUT2D eigenvalue weighted by Gasteiger charge is -2.28. The summed E-state index contributed by atoms with van der Waals surface area (Å²) in [6.07, 6.45) is 3.74. The largest absolute Gasteiger partial charge is 0.376 e. The van der Waals surface area contributed by atoms with E-state index in [2.05, 4.69) is 33.1 Å². The first-order valence-electron chi connectivity index (χ1n) is 6.02. The molecule has 0 radical (unpaired) electrons. The summed E-state index contributed by atoms with van der Waals surface area (Å²) in [5, 5.41) is 0. The predicted octanol–water partition coefficient (Wildman–Crippen LogP) is 2.07. The van der Waals surface area contributed by atoms with E-state index < -0.39 is 0 Å². The van der Waals surface area contributed by atoms with Crippen molar-refractivity contribution in [3.63, 3.8) is 0 Å². The van der Waals surface area contributed by atoms with Crippen LogP contribution in [-0.2, 0) is 4.74 Å². The van der Waals surface area contributed by atoms with Gasteiger partial charge in [0, 0.05) is 12.6 Å². The van der Waals surface area contributed by atoms with Crippen LogP contribution in [0.1, 0.15) is 47.0 Å². The van der Waals surface area contributed by atoms with E-state index in [4.69, 9.17) is 10.6 Å². The lowest BCUT2D eigenvalue weighted by molar-refractivity contribution is 0.0546. The van der Waals surface area contributed by atoms with Crippen LogP contribution in [0.4, 0.5) is 0 Å². The number of hydrazine groups is 1. The number of hydrogen-bond acceptors (Lipinski definition) is 3. The molecule has 3 nitrogen and oxygen atoms in total. The molecule has 3 N–H and O–H groups in total. The molecule has 0 aliphatic carbocycles. The maximum Gasteiger partial charge on any atom is 0.0767 e. The number of rotatable bonds is 4. The van der Waals surface area contributed by atoms with Gasteiger partial charge in [0.25, 0.3) is 0 Å². The van der Waals surface area contributed by atoms with Gasteiger partial charge in [0.15, 0.2) is 0 Å². The Balaban J connectivity index is 2.41. The maximum atomic E-state index is 5.74. The molecule has 90 valence electrons. The first-order valence-corrected chi connectivity index (χ1v) is 6.02. The van der Waals surface area contributed by atoms with Gasteiger partial charge in [0.05, 0.1) is 6.10 Å². The van der Waals surface area contributed by atoms with Gasteiger partial charge in [-0.25, -0.2) is 0 Å². The van der Waals surface area contributed by atoms with Crippen LogP contribution in [0.3, 0.4) is 0 Å². The molecular weight excluding hydrogens is 188 g/mol. The van der Waals surface area contributed by atoms with Gasteiger partial charge in [0.1, 0.15) is 0 Å². The molecule has 1 rings (SSSR count). The average molecular weight is 214 g/mol. The minimum atomic E-state index is 0.303. The van der Waals surface area contributed by atoms with Crippen molar-refractivity contribution in [3.8, 4) is 0 Å². The highest BCUT2D eigenvalue weighted by atomic mass is 16.5. The van der Waals surface area contributed by atoms with Crippen molar-refractivity contribution in [2.45, 2.75) is 59.1 Å². The van der Waals surface area contributed by atoms with E-state index >= 15 is 0 Å². The van der Waals surface area contributed by atoms with Crippen LogP contribution in [0.15, 0.2) is 0 Å². The molecule has 1 aliphatic heterocycles. The predicted molar refractivity (Wildman–Crippen MR) is 63.3 cm³/mol. The molecule has 0 aromatic heterocycles. The third-order valence-corrected chi connectivity index (χ3v) is 3.26. The summed E-state index contributed by atoms with van der Waals surface area (Å²) in [5.41, 5.74) is 3.29. The molecule has 1 saturated heterocycles. The third-order valence-electron chi connectivity index (χ3n) is 3.26. The fourth-order valence-corrected chi connectivity index (χ4v) is 2.16. The van der Waals surface area contributed by atoms with Crippen molar-refractivity contribution in [1.29, 1.82) is 0 Å². The Kier molecular flexibility index (Phi) is 4.56. The molecule has 0 spiro atoms. The highest BCUT2D eigenvalue weighted by Gasteiger charge is 2.31. The Morgan fingerprint density at radius 1 is 1.47 bits per heavy atom. The molecule has 3 unspecified atom stereocenters. The first kappa shape index (κ1) is 12.9. The van der Waals surface area contributed by atoms with Crippen molar-refractivity contribution in [1.82, 2.24) is 5.43 Å². The quantitative estimate of drug-likeness (QED) is 0.556. The Hall–Kier alpha value is -0.120. The minimum Gasteiger partial charge on any atom is -0.376 e. The van der Waals surface area contributed by atoms with Crippen LogP contribution >= 0.6 is 0 Å². The molecule has 15 heavy (non-hydrogen) atoms. The summed E-state index contributed by atoms with van der Waals surface area (Å²) < 4.78 is 5.74. The average Bonchev–Trinajstić information content (AvgIpc) is 2.52. The van der Waals surface area contributed by atoms with Gasteiger partial charge in [-0.15, -0.1) is 0 Å².